The number of quaternary nitrogens is 1. The molecule has 0 amide bonds. The quantitative estimate of drug-likeness (QED) is 0.531. The molecule has 0 aliphatic heterocycles. The fourth-order valence-corrected chi connectivity index (χ4v) is 4.79. The number of nitrogens with zero attached hydrogens (tertiary/aromatic N) is 1. The minimum Gasteiger partial charge on any atom is -0.459 e. The lowest BCUT2D eigenvalue weighted by Gasteiger charge is -2.42. The van der Waals surface area contributed by atoms with E-state index < -0.39 is 5.60 Å². The molecule has 2 fully saturated rings. The van der Waals surface area contributed by atoms with Crippen LogP contribution >= 0.6 is 0 Å². The van der Waals surface area contributed by atoms with Crippen molar-refractivity contribution in [3.63, 3.8) is 0 Å². The van der Waals surface area contributed by atoms with E-state index in [1.54, 1.807) is 0 Å². The summed E-state index contributed by atoms with van der Waals surface area (Å²) >= 11 is 0. The van der Waals surface area contributed by atoms with E-state index in [9.17, 15) is 9.90 Å². The molecule has 0 saturated heterocycles. The van der Waals surface area contributed by atoms with Gasteiger partial charge in [-0.05, 0) is 45.4 Å². The molecule has 2 rings (SSSR count). The van der Waals surface area contributed by atoms with Gasteiger partial charge in [0.05, 0.1) is 31.7 Å². The molecular weight excluding hydrogens is 314 g/mol. The Kier molecular flexibility index (Phi) is 7.75. The lowest BCUT2D eigenvalue weighted by Crippen LogP contribution is -2.50. The van der Waals surface area contributed by atoms with E-state index >= 15 is 0 Å². The molecule has 2 aliphatic carbocycles. The van der Waals surface area contributed by atoms with Crippen LogP contribution in [-0.2, 0) is 9.53 Å². The minimum atomic E-state index is -0.828. The minimum absolute atomic E-state index is 0.130. The standard InChI is InChI=1S/C21H40NO3/c1-4-22(3,5-2)16-17-25-20(23)19(18-12-8-6-9-13-18)21(24)14-10-7-11-15-21/h18-19,24H,4-17H2,1-3H3/q+1. The fourth-order valence-electron chi connectivity index (χ4n) is 4.79. The van der Waals surface area contributed by atoms with Gasteiger partial charge in [0.2, 0.25) is 0 Å². The molecule has 2 aliphatic rings. The molecule has 146 valence electrons. The lowest BCUT2D eigenvalue weighted by atomic mass is 9.67. The Balaban J connectivity index is 2.02. The van der Waals surface area contributed by atoms with Crippen LogP contribution < -0.4 is 0 Å². The Morgan fingerprint density at radius 1 is 1.08 bits per heavy atom. The van der Waals surface area contributed by atoms with E-state index in [4.69, 9.17) is 4.74 Å². The molecule has 0 aromatic carbocycles. The van der Waals surface area contributed by atoms with Gasteiger partial charge in [0.15, 0.2) is 0 Å². The first-order chi connectivity index (χ1) is 11.9. The van der Waals surface area contributed by atoms with Gasteiger partial charge in [-0.1, -0.05) is 38.5 Å². The Morgan fingerprint density at radius 2 is 1.64 bits per heavy atom. The van der Waals surface area contributed by atoms with Crippen molar-refractivity contribution in [1.29, 1.82) is 0 Å². The van der Waals surface area contributed by atoms with Gasteiger partial charge in [-0.2, -0.15) is 0 Å². The van der Waals surface area contributed by atoms with Gasteiger partial charge in [-0.25, -0.2) is 0 Å². The lowest BCUT2D eigenvalue weighted by molar-refractivity contribution is -0.906. The highest BCUT2D eigenvalue weighted by Crippen LogP contribution is 2.43. The van der Waals surface area contributed by atoms with E-state index in [1.807, 2.05) is 0 Å². The maximum atomic E-state index is 13.0. The zero-order chi connectivity index (χ0) is 18.3. The van der Waals surface area contributed by atoms with E-state index in [1.165, 1.54) is 25.7 Å². The van der Waals surface area contributed by atoms with Crippen molar-refractivity contribution in [2.75, 3.05) is 33.3 Å². The Morgan fingerprint density at radius 3 is 2.20 bits per heavy atom. The largest absolute Gasteiger partial charge is 0.459 e. The molecule has 4 nitrogen and oxygen atoms in total. The normalized spacial score (nSPS) is 23.2. The highest BCUT2D eigenvalue weighted by molar-refractivity contribution is 5.74. The van der Waals surface area contributed by atoms with Crippen molar-refractivity contribution in [2.24, 2.45) is 11.8 Å². The third kappa shape index (κ3) is 5.43. The first-order valence-corrected chi connectivity index (χ1v) is 10.7. The maximum Gasteiger partial charge on any atom is 0.312 e. The summed E-state index contributed by atoms with van der Waals surface area (Å²) in [6.07, 6.45) is 10.6. The number of carbonyl (C=O) groups is 1. The van der Waals surface area contributed by atoms with Crippen molar-refractivity contribution in [3.05, 3.63) is 0 Å². The molecule has 1 N–H and O–H groups in total. The van der Waals surface area contributed by atoms with Crippen LogP contribution in [0.1, 0.15) is 78.1 Å². The maximum absolute atomic E-state index is 13.0. The van der Waals surface area contributed by atoms with Crippen molar-refractivity contribution in [3.8, 4) is 0 Å². The first kappa shape index (κ1) is 20.7. The molecule has 4 heteroatoms. The third-order valence-electron chi connectivity index (χ3n) is 7.08. The first-order valence-electron chi connectivity index (χ1n) is 10.7. The van der Waals surface area contributed by atoms with Gasteiger partial charge >= 0.3 is 5.97 Å². The van der Waals surface area contributed by atoms with Crippen LogP contribution in [0.3, 0.4) is 0 Å². The summed E-state index contributed by atoms with van der Waals surface area (Å²) in [5.74, 6) is -0.132. The second kappa shape index (κ2) is 9.36. The monoisotopic (exact) mass is 354 g/mol. The average molecular weight is 355 g/mol. The number of esters is 1. The molecule has 25 heavy (non-hydrogen) atoms. The number of hydrogen-bond donors (Lipinski definition) is 1. The van der Waals surface area contributed by atoms with Crippen LogP contribution in [-0.4, -0.2) is 54.4 Å². The van der Waals surface area contributed by atoms with Crippen LogP contribution in [0, 0.1) is 11.8 Å². The summed E-state index contributed by atoms with van der Waals surface area (Å²) in [6.45, 7) is 7.78. The molecule has 0 aromatic heterocycles. The molecule has 1 atom stereocenters. The predicted molar refractivity (Wildman–Crippen MR) is 101 cm³/mol. The Hall–Kier alpha value is -0.610. The second-order valence-electron chi connectivity index (χ2n) is 8.68. The van der Waals surface area contributed by atoms with Crippen LogP contribution in [0.4, 0.5) is 0 Å². The summed E-state index contributed by atoms with van der Waals surface area (Å²) < 4.78 is 6.68. The zero-order valence-electron chi connectivity index (χ0n) is 16.8. The molecular formula is C21H40NO3+. The number of aliphatic hydroxyl groups is 1. The molecule has 0 heterocycles. The van der Waals surface area contributed by atoms with Crippen LogP contribution in [0.25, 0.3) is 0 Å². The summed E-state index contributed by atoms with van der Waals surface area (Å²) in [4.78, 5) is 13.0. The molecule has 0 spiro atoms. The average Bonchev–Trinajstić information content (AvgIpc) is 2.63. The summed E-state index contributed by atoms with van der Waals surface area (Å²) in [6, 6.07) is 0. The van der Waals surface area contributed by atoms with E-state index in [-0.39, 0.29) is 11.9 Å². The highest BCUT2D eigenvalue weighted by Gasteiger charge is 2.47. The Bertz CT molecular complexity index is 407. The second-order valence-corrected chi connectivity index (χ2v) is 8.68. The topological polar surface area (TPSA) is 46.5 Å². The predicted octanol–water partition coefficient (Wildman–Crippen LogP) is 3.91. The molecule has 2 saturated carbocycles. The smallest absolute Gasteiger partial charge is 0.312 e. The summed E-state index contributed by atoms with van der Waals surface area (Å²) in [7, 11) is 2.21. The van der Waals surface area contributed by atoms with E-state index in [0.717, 1.165) is 62.6 Å². The van der Waals surface area contributed by atoms with Gasteiger partial charge in [0.25, 0.3) is 0 Å². The zero-order valence-corrected chi connectivity index (χ0v) is 16.8. The van der Waals surface area contributed by atoms with Gasteiger partial charge in [-0.15, -0.1) is 0 Å². The summed E-state index contributed by atoms with van der Waals surface area (Å²) in [5.41, 5.74) is -0.828. The molecule has 1 unspecified atom stereocenters. The SMILES string of the molecule is CC[N+](C)(CC)CCOC(=O)C(C1CCCCC1)C1(O)CCCCC1. The number of ether oxygens (including phenoxy) is 1. The number of hydrogen-bond acceptors (Lipinski definition) is 3. The van der Waals surface area contributed by atoms with Crippen LogP contribution in [0.2, 0.25) is 0 Å². The molecule has 0 radical (unpaired) electrons. The molecule has 0 aromatic rings. The van der Waals surface area contributed by atoms with Crippen molar-refractivity contribution < 1.29 is 19.1 Å². The van der Waals surface area contributed by atoms with Gasteiger partial charge in [0.1, 0.15) is 13.2 Å². The van der Waals surface area contributed by atoms with Crippen LogP contribution in [0.5, 0.6) is 0 Å². The molecule has 0 bridgehead atoms. The van der Waals surface area contributed by atoms with Gasteiger partial charge in [-0.3, -0.25) is 4.79 Å². The highest BCUT2D eigenvalue weighted by atomic mass is 16.5. The van der Waals surface area contributed by atoms with Crippen LogP contribution in [0.15, 0.2) is 0 Å². The van der Waals surface area contributed by atoms with Gasteiger partial charge in [0, 0.05) is 0 Å². The van der Waals surface area contributed by atoms with Crippen molar-refractivity contribution in [2.45, 2.75) is 83.7 Å². The van der Waals surface area contributed by atoms with Crippen molar-refractivity contribution >= 4 is 5.97 Å². The number of carbonyl (C=O) groups excluding carboxylic acids is 1. The fraction of sp³-hybridized carbons (Fsp3) is 0.952. The number of likely N-dealkylation sites (N-methyl/N-ethyl adjacent to an activating group) is 1. The number of rotatable bonds is 8. The van der Waals surface area contributed by atoms with Gasteiger partial charge < -0.3 is 14.3 Å². The van der Waals surface area contributed by atoms with E-state index in [0.29, 0.717) is 12.5 Å². The third-order valence-corrected chi connectivity index (χ3v) is 7.08. The Labute approximate surface area is 154 Å². The summed E-state index contributed by atoms with van der Waals surface area (Å²) in [5, 5.41) is 11.3. The van der Waals surface area contributed by atoms with E-state index in [2.05, 4.69) is 20.9 Å². The van der Waals surface area contributed by atoms with Crippen molar-refractivity contribution in [1.82, 2.24) is 0 Å².